The Bertz CT molecular complexity index is 1120. The van der Waals surface area contributed by atoms with Crippen LogP contribution in [0.5, 0.6) is 0 Å². The Morgan fingerprint density at radius 3 is 2.36 bits per heavy atom. The molecule has 0 unspecified atom stereocenters. The van der Waals surface area contributed by atoms with Crippen molar-refractivity contribution in [1.29, 1.82) is 0 Å². The number of aromatic nitrogens is 2. The lowest BCUT2D eigenvalue weighted by molar-refractivity contribution is -0.132. The minimum atomic E-state index is -0.226. The van der Waals surface area contributed by atoms with E-state index in [1.165, 1.54) is 17.7 Å². The maximum absolute atomic E-state index is 13.2. The number of benzene rings is 2. The molecular weight excluding hydrogens is 417 g/mol. The van der Waals surface area contributed by atoms with Crippen LogP contribution in [-0.4, -0.2) is 71.3 Å². The van der Waals surface area contributed by atoms with Crippen molar-refractivity contribution in [2.75, 3.05) is 50.7 Å². The summed E-state index contributed by atoms with van der Waals surface area (Å²) in [5.74, 6) is -0.0427. The van der Waals surface area contributed by atoms with Crippen LogP contribution in [0.15, 0.2) is 73.1 Å². The second-order valence-corrected chi connectivity index (χ2v) is 8.57. The Kier molecular flexibility index (Phi) is 6.21. The second kappa shape index (κ2) is 9.58. The Morgan fingerprint density at radius 1 is 0.909 bits per heavy atom. The molecule has 0 atom stereocenters. The molecule has 5 rings (SSSR count). The van der Waals surface area contributed by atoms with E-state index in [1.807, 2.05) is 46.1 Å². The summed E-state index contributed by atoms with van der Waals surface area (Å²) in [5.41, 5.74) is 4.48. The monoisotopic (exact) mass is 445 g/mol. The van der Waals surface area contributed by atoms with Crippen LogP contribution >= 0.6 is 0 Å². The highest BCUT2D eigenvalue weighted by Gasteiger charge is 2.24. The van der Waals surface area contributed by atoms with Crippen molar-refractivity contribution in [3.8, 4) is 5.69 Å². The Morgan fingerprint density at radius 2 is 1.67 bits per heavy atom. The molecule has 1 saturated heterocycles. The Hall–Kier alpha value is -3.45. The first-order valence-electron chi connectivity index (χ1n) is 11.5. The summed E-state index contributed by atoms with van der Waals surface area (Å²) in [4.78, 5) is 19.2. The van der Waals surface area contributed by atoms with Crippen molar-refractivity contribution in [3.63, 3.8) is 0 Å². The number of rotatable bonds is 5. The lowest BCUT2D eigenvalue weighted by Gasteiger charge is -2.37. The molecule has 1 fully saturated rings. The van der Waals surface area contributed by atoms with Gasteiger partial charge in [0.15, 0.2) is 0 Å². The molecule has 0 radical (unpaired) electrons. The summed E-state index contributed by atoms with van der Waals surface area (Å²) in [7, 11) is 0. The molecule has 33 heavy (non-hydrogen) atoms. The standard InChI is InChI=1S/C26H28FN5O/c27-23-6-8-24(9-7-23)30-14-16-31(17-15-30)26(33)20-29-12-10-21(11-13-29)22-18-28-32(19-22)25-4-2-1-3-5-25/h1-10,18-19H,11-17,20H2. The maximum Gasteiger partial charge on any atom is 0.236 e. The van der Waals surface area contributed by atoms with Crippen molar-refractivity contribution in [2.45, 2.75) is 6.42 Å². The van der Waals surface area contributed by atoms with E-state index in [4.69, 9.17) is 0 Å². The Balaban J connectivity index is 1.12. The zero-order valence-electron chi connectivity index (χ0n) is 18.6. The number of carbonyl (C=O) groups excluding carboxylic acids is 1. The van der Waals surface area contributed by atoms with Crippen molar-refractivity contribution in [1.82, 2.24) is 19.6 Å². The molecular formula is C26H28FN5O. The highest BCUT2D eigenvalue weighted by atomic mass is 19.1. The molecule has 1 amide bonds. The third kappa shape index (κ3) is 4.98. The number of amides is 1. The molecule has 7 heteroatoms. The summed E-state index contributed by atoms with van der Waals surface area (Å²) in [6.07, 6.45) is 7.12. The van der Waals surface area contributed by atoms with Gasteiger partial charge in [-0.05, 0) is 48.4 Å². The molecule has 0 spiro atoms. The van der Waals surface area contributed by atoms with E-state index in [1.54, 1.807) is 12.1 Å². The number of anilines is 1. The van der Waals surface area contributed by atoms with Gasteiger partial charge in [0.2, 0.25) is 5.91 Å². The number of hydrogen-bond acceptors (Lipinski definition) is 4. The molecule has 2 aliphatic heterocycles. The van der Waals surface area contributed by atoms with Crippen molar-refractivity contribution in [3.05, 3.63) is 84.4 Å². The van der Waals surface area contributed by atoms with E-state index in [-0.39, 0.29) is 11.7 Å². The normalized spacial score (nSPS) is 17.2. The van der Waals surface area contributed by atoms with Crippen LogP contribution in [0.25, 0.3) is 11.3 Å². The first kappa shape index (κ1) is 21.4. The van der Waals surface area contributed by atoms with Crippen molar-refractivity contribution >= 4 is 17.2 Å². The van der Waals surface area contributed by atoms with Crippen LogP contribution in [0.2, 0.25) is 0 Å². The van der Waals surface area contributed by atoms with Gasteiger partial charge >= 0.3 is 0 Å². The molecule has 3 heterocycles. The van der Waals surface area contributed by atoms with Crippen LogP contribution in [0.4, 0.5) is 10.1 Å². The van der Waals surface area contributed by atoms with Gasteiger partial charge in [-0.2, -0.15) is 5.10 Å². The van der Waals surface area contributed by atoms with Gasteiger partial charge in [-0.15, -0.1) is 0 Å². The summed E-state index contributed by atoms with van der Waals surface area (Å²) in [5, 5.41) is 4.50. The van der Waals surface area contributed by atoms with Crippen LogP contribution in [0.3, 0.4) is 0 Å². The molecule has 0 aliphatic carbocycles. The molecule has 170 valence electrons. The number of nitrogens with zero attached hydrogens (tertiary/aromatic N) is 5. The molecule has 3 aromatic rings. The summed E-state index contributed by atoms with van der Waals surface area (Å²) in [6, 6.07) is 16.7. The maximum atomic E-state index is 13.2. The van der Waals surface area contributed by atoms with Gasteiger partial charge in [0.1, 0.15) is 5.82 Å². The molecule has 0 N–H and O–H groups in total. The number of hydrogen-bond donors (Lipinski definition) is 0. The van der Waals surface area contributed by atoms with Gasteiger partial charge in [-0.25, -0.2) is 9.07 Å². The minimum Gasteiger partial charge on any atom is -0.368 e. The van der Waals surface area contributed by atoms with Gasteiger partial charge in [0, 0.05) is 56.7 Å². The van der Waals surface area contributed by atoms with E-state index >= 15 is 0 Å². The zero-order chi connectivity index (χ0) is 22.6. The van der Waals surface area contributed by atoms with E-state index in [2.05, 4.69) is 27.2 Å². The number of piperazine rings is 1. The summed E-state index contributed by atoms with van der Waals surface area (Å²) >= 11 is 0. The van der Waals surface area contributed by atoms with Crippen LogP contribution < -0.4 is 4.90 Å². The average molecular weight is 446 g/mol. The SMILES string of the molecule is O=C(CN1CC=C(c2cnn(-c3ccccc3)c2)CC1)N1CCN(c2ccc(F)cc2)CC1. The predicted molar refractivity (Wildman–Crippen MR) is 128 cm³/mol. The first-order valence-corrected chi connectivity index (χ1v) is 11.5. The van der Waals surface area contributed by atoms with E-state index in [9.17, 15) is 9.18 Å². The number of carbonyl (C=O) groups is 1. The Labute approximate surface area is 193 Å². The van der Waals surface area contributed by atoms with E-state index in [0.29, 0.717) is 19.6 Å². The molecule has 2 aromatic carbocycles. The quantitative estimate of drug-likeness (QED) is 0.604. The van der Waals surface area contributed by atoms with Crippen molar-refractivity contribution < 1.29 is 9.18 Å². The van der Waals surface area contributed by atoms with Crippen LogP contribution in [0.1, 0.15) is 12.0 Å². The van der Waals surface area contributed by atoms with Crippen molar-refractivity contribution in [2.24, 2.45) is 0 Å². The van der Waals surface area contributed by atoms with Crippen LogP contribution in [0, 0.1) is 5.82 Å². The minimum absolute atomic E-state index is 0.183. The lowest BCUT2D eigenvalue weighted by Crippen LogP contribution is -2.51. The largest absolute Gasteiger partial charge is 0.368 e. The van der Waals surface area contributed by atoms with Gasteiger partial charge in [-0.1, -0.05) is 24.3 Å². The summed E-state index contributed by atoms with van der Waals surface area (Å²) < 4.78 is 15.1. The van der Waals surface area contributed by atoms with E-state index < -0.39 is 0 Å². The van der Waals surface area contributed by atoms with Gasteiger partial charge in [0.25, 0.3) is 0 Å². The lowest BCUT2D eigenvalue weighted by atomic mass is 10.0. The average Bonchev–Trinajstić information content (AvgIpc) is 3.36. The summed E-state index contributed by atoms with van der Waals surface area (Å²) in [6.45, 7) is 5.02. The highest BCUT2D eigenvalue weighted by molar-refractivity contribution is 5.79. The fourth-order valence-corrected chi connectivity index (χ4v) is 4.48. The van der Waals surface area contributed by atoms with Gasteiger partial charge in [0.05, 0.1) is 18.4 Å². The third-order valence-corrected chi connectivity index (χ3v) is 6.45. The van der Waals surface area contributed by atoms with Gasteiger partial charge < -0.3 is 9.80 Å². The highest BCUT2D eigenvalue weighted by Crippen LogP contribution is 2.23. The van der Waals surface area contributed by atoms with Gasteiger partial charge in [-0.3, -0.25) is 9.69 Å². The molecule has 0 saturated carbocycles. The number of halogens is 1. The fraction of sp³-hybridized carbons (Fsp3) is 0.308. The van der Waals surface area contributed by atoms with E-state index in [0.717, 1.165) is 49.5 Å². The smallest absolute Gasteiger partial charge is 0.236 e. The second-order valence-electron chi connectivity index (χ2n) is 8.57. The van der Waals surface area contributed by atoms with Crippen LogP contribution in [-0.2, 0) is 4.79 Å². The topological polar surface area (TPSA) is 44.6 Å². The molecule has 2 aliphatic rings. The number of para-hydroxylation sites is 1. The molecule has 0 bridgehead atoms. The predicted octanol–water partition coefficient (Wildman–Crippen LogP) is 3.45. The molecule has 1 aromatic heterocycles. The third-order valence-electron chi connectivity index (χ3n) is 6.45. The molecule has 6 nitrogen and oxygen atoms in total. The fourth-order valence-electron chi connectivity index (χ4n) is 4.48. The zero-order valence-corrected chi connectivity index (χ0v) is 18.6. The first-order chi connectivity index (χ1) is 16.2.